The molecular formula is C14H19N5. The van der Waals surface area contributed by atoms with Crippen molar-refractivity contribution >= 4 is 5.82 Å². The SMILES string of the molecule is CCc1nn(C)cc1Cn1c(C)c(C)c(C#N)c1N. The van der Waals surface area contributed by atoms with Gasteiger partial charge in [-0.05, 0) is 25.8 Å². The molecule has 0 spiro atoms. The van der Waals surface area contributed by atoms with Crippen molar-refractivity contribution in [2.75, 3.05) is 5.73 Å². The van der Waals surface area contributed by atoms with Crippen LogP contribution in [-0.4, -0.2) is 14.3 Å². The minimum Gasteiger partial charge on any atom is -0.384 e. The zero-order valence-electron chi connectivity index (χ0n) is 11.9. The van der Waals surface area contributed by atoms with Crippen LogP contribution in [0.4, 0.5) is 5.82 Å². The van der Waals surface area contributed by atoms with Gasteiger partial charge in [0, 0.05) is 24.5 Å². The molecule has 0 aromatic carbocycles. The predicted octanol–water partition coefficient (Wildman–Crippen LogP) is 1.90. The van der Waals surface area contributed by atoms with Gasteiger partial charge in [-0.15, -0.1) is 0 Å². The van der Waals surface area contributed by atoms with Gasteiger partial charge >= 0.3 is 0 Å². The summed E-state index contributed by atoms with van der Waals surface area (Å²) in [4.78, 5) is 0. The summed E-state index contributed by atoms with van der Waals surface area (Å²) < 4.78 is 3.81. The lowest BCUT2D eigenvalue weighted by molar-refractivity contribution is 0.746. The Hall–Kier alpha value is -2.22. The van der Waals surface area contributed by atoms with E-state index in [1.54, 1.807) is 0 Å². The summed E-state index contributed by atoms with van der Waals surface area (Å²) in [5.74, 6) is 0.545. The first-order chi connectivity index (χ1) is 8.99. The molecule has 2 rings (SSSR count). The standard InChI is InChI=1S/C14H19N5/c1-5-13-11(7-18(4)17-13)8-19-10(3)9(2)12(6-15)14(19)16/h7H,5,8,16H2,1-4H3. The van der Waals surface area contributed by atoms with Crippen LogP contribution in [0.25, 0.3) is 0 Å². The van der Waals surface area contributed by atoms with Gasteiger partial charge in [0.1, 0.15) is 11.9 Å². The summed E-state index contributed by atoms with van der Waals surface area (Å²) in [5, 5.41) is 13.6. The second-order valence-electron chi connectivity index (χ2n) is 4.80. The third-order valence-electron chi connectivity index (χ3n) is 3.64. The van der Waals surface area contributed by atoms with Crippen molar-refractivity contribution in [1.29, 1.82) is 5.26 Å². The molecule has 0 amide bonds. The maximum atomic E-state index is 9.15. The van der Waals surface area contributed by atoms with E-state index in [1.165, 1.54) is 0 Å². The molecule has 0 atom stereocenters. The Bertz CT molecular complexity index is 654. The van der Waals surface area contributed by atoms with Crippen molar-refractivity contribution in [2.24, 2.45) is 7.05 Å². The van der Waals surface area contributed by atoms with Gasteiger partial charge in [0.2, 0.25) is 0 Å². The molecule has 0 radical (unpaired) electrons. The van der Waals surface area contributed by atoms with Crippen molar-refractivity contribution in [1.82, 2.24) is 14.3 Å². The fraction of sp³-hybridized carbons (Fsp3) is 0.429. The summed E-state index contributed by atoms with van der Waals surface area (Å²) in [6, 6.07) is 2.18. The molecule has 100 valence electrons. The number of aromatic nitrogens is 3. The van der Waals surface area contributed by atoms with Gasteiger partial charge in [0.25, 0.3) is 0 Å². The topological polar surface area (TPSA) is 72.6 Å². The van der Waals surface area contributed by atoms with E-state index < -0.39 is 0 Å². The monoisotopic (exact) mass is 257 g/mol. The molecule has 0 saturated heterocycles. The molecule has 19 heavy (non-hydrogen) atoms. The second-order valence-corrected chi connectivity index (χ2v) is 4.80. The van der Waals surface area contributed by atoms with Gasteiger partial charge in [-0.3, -0.25) is 4.68 Å². The highest BCUT2D eigenvalue weighted by Gasteiger charge is 2.16. The van der Waals surface area contributed by atoms with E-state index in [9.17, 15) is 0 Å². The van der Waals surface area contributed by atoms with Crippen LogP contribution in [0.5, 0.6) is 0 Å². The van der Waals surface area contributed by atoms with Crippen LogP contribution < -0.4 is 5.73 Å². The summed E-state index contributed by atoms with van der Waals surface area (Å²) in [5.41, 5.74) is 10.9. The van der Waals surface area contributed by atoms with Gasteiger partial charge in [-0.25, -0.2) is 0 Å². The maximum absolute atomic E-state index is 9.15. The zero-order valence-corrected chi connectivity index (χ0v) is 11.9. The molecule has 0 aliphatic rings. The highest BCUT2D eigenvalue weighted by Crippen LogP contribution is 2.25. The number of hydrogen-bond donors (Lipinski definition) is 1. The predicted molar refractivity (Wildman–Crippen MR) is 74.7 cm³/mol. The lowest BCUT2D eigenvalue weighted by Gasteiger charge is -2.08. The first kappa shape index (κ1) is 13.2. The quantitative estimate of drug-likeness (QED) is 0.912. The second kappa shape index (κ2) is 4.81. The lowest BCUT2D eigenvalue weighted by Crippen LogP contribution is -2.07. The summed E-state index contributed by atoms with van der Waals surface area (Å²) in [6.07, 6.45) is 2.90. The number of hydrogen-bond acceptors (Lipinski definition) is 3. The smallest absolute Gasteiger partial charge is 0.122 e. The number of rotatable bonds is 3. The molecule has 0 aliphatic carbocycles. The molecule has 5 heteroatoms. The Balaban J connectivity index is 2.47. The number of nitrogen functional groups attached to an aromatic ring is 1. The molecule has 0 aliphatic heterocycles. The highest BCUT2D eigenvalue weighted by atomic mass is 15.3. The van der Waals surface area contributed by atoms with Crippen LogP contribution in [0.2, 0.25) is 0 Å². The van der Waals surface area contributed by atoms with Crippen molar-refractivity contribution in [3.05, 3.63) is 34.3 Å². The van der Waals surface area contributed by atoms with Gasteiger partial charge < -0.3 is 10.3 Å². The molecular weight excluding hydrogens is 238 g/mol. The molecule has 0 unspecified atom stereocenters. The van der Waals surface area contributed by atoms with E-state index >= 15 is 0 Å². The van der Waals surface area contributed by atoms with Gasteiger partial charge in [-0.1, -0.05) is 6.92 Å². The Labute approximate surface area is 113 Å². The number of nitrogens with zero attached hydrogens (tertiary/aromatic N) is 4. The lowest BCUT2D eigenvalue weighted by atomic mass is 10.2. The molecule has 0 saturated carbocycles. The third kappa shape index (κ3) is 2.10. The fourth-order valence-electron chi connectivity index (χ4n) is 2.42. The van der Waals surface area contributed by atoms with E-state index in [1.807, 2.05) is 36.3 Å². The molecule has 2 aromatic heterocycles. The van der Waals surface area contributed by atoms with E-state index in [4.69, 9.17) is 11.0 Å². The van der Waals surface area contributed by atoms with Gasteiger partial charge in [0.05, 0.1) is 17.8 Å². The van der Waals surface area contributed by atoms with E-state index in [0.717, 1.165) is 28.9 Å². The number of aryl methyl sites for hydroxylation is 2. The van der Waals surface area contributed by atoms with Crippen LogP contribution in [0, 0.1) is 25.2 Å². The van der Waals surface area contributed by atoms with Crippen LogP contribution >= 0.6 is 0 Å². The van der Waals surface area contributed by atoms with Crippen LogP contribution in [0.3, 0.4) is 0 Å². The average Bonchev–Trinajstić information content (AvgIpc) is 2.83. The minimum atomic E-state index is 0.545. The van der Waals surface area contributed by atoms with Crippen LogP contribution in [0.1, 0.15) is 35.0 Å². The molecule has 2 N–H and O–H groups in total. The largest absolute Gasteiger partial charge is 0.384 e. The van der Waals surface area contributed by atoms with Crippen molar-refractivity contribution < 1.29 is 0 Å². The third-order valence-corrected chi connectivity index (χ3v) is 3.64. The van der Waals surface area contributed by atoms with Crippen molar-refractivity contribution in [3.8, 4) is 6.07 Å². The van der Waals surface area contributed by atoms with E-state index in [0.29, 0.717) is 17.9 Å². The Morgan fingerprint density at radius 1 is 1.42 bits per heavy atom. The van der Waals surface area contributed by atoms with Gasteiger partial charge in [0.15, 0.2) is 0 Å². The van der Waals surface area contributed by atoms with Crippen LogP contribution in [-0.2, 0) is 20.0 Å². The Kier molecular flexibility index (Phi) is 3.34. The Morgan fingerprint density at radius 3 is 2.63 bits per heavy atom. The van der Waals surface area contributed by atoms with Crippen molar-refractivity contribution in [3.63, 3.8) is 0 Å². The van der Waals surface area contributed by atoms with Crippen LogP contribution in [0.15, 0.2) is 6.20 Å². The first-order valence-corrected chi connectivity index (χ1v) is 6.36. The van der Waals surface area contributed by atoms with E-state index in [2.05, 4.69) is 18.1 Å². The fourth-order valence-corrected chi connectivity index (χ4v) is 2.42. The summed E-state index contributed by atoms with van der Waals surface area (Å²) >= 11 is 0. The maximum Gasteiger partial charge on any atom is 0.122 e. The zero-order chi connectivity index (χ0) is 14.2. The Morgan fingerprint density at radius 2 is 2.11 bits per heavy atom. The normalized spacial score (nSPS) is 10.7. The number of nitrogens with two attached hydrogens (primary N) is 1. The summed E-state index contributed by atoms with van der Waals surface area (Å²) in [7, 11) is 1.92. The minimum absolute atomic E-state index is 0.545. The van der Waals surface area contributed by atoms with Gasteiger partial charge in [-0.2, -0.15) is 10.4 Å². The number of anilines is 1. The number of nitriles is 1. The molecule has 0 fully saturated rings. The average molecular weight is 257 g/mol. The molecule has 0 bridgehead atoms. The van der Waals surface area contributed by atoms with E-state index in [-0.39, 0.29) is 0 Å². The molecule has 5 nitrogen and oxygen atoms in total. The first-order valence-electron chi connectivity index (χ1n) is 6.36. The molecule has 2 heterocycles. The van der Waals surface area contributed by atoms with Crippen molar-refractivity contribution in [2.45, 2.75) is 33.7 Å². The summed E-state index contributed by atoms with van der Waals surface area (Å²) in [6.45, 7) is 6.68. The molecule has 2 aromatic rings. The highest BCUT2D eigenvalue weighted by molar-refractivity contribution is 5.58.